The van der Waals surface area contributed by atoms with E-state index in [0.29, 0.717) is 0 Å². The summed E-state index contributed by atoms with van der Waals surface area (Å²) < 4.78 is 27.8. The molecule has 118 valence electrons. The van der Waals surface area contributed by atoms with E-state index in [-0.39, 0.29) is 23.6 Å². The van der Waals surface area contributed by atoms with E-state index in [1.165, 1.54) is 18.2 Å². The molecule has 1 aliphatic rings. The molecule has 0 aliphatic heterocycles. The van der Waals surface area contributed by atoms with Crippen LogP contribution >= 0.6 is 0 Å². The normalized spacial score (nSPS) is 19.1. The van der Waals surface area contributed by atoms with Gasteiger partial charge in [0.15, 0.2) is 0 Å². The first-order valence-electron chi connectivity index (χ1n) is 7.98. The Morgan fingerprint density at radius 3 is 2.14 bits per heavy atom. The first kappa shape index (κ1) is 16.4. The number of nitrogens with zero attached hydrogens (tertiary/aromatic N) is 1. The van der Waals surface area contributed by atoms with Crippen LogP contribution in [0, 0.1) is 11.6 Å². The van der Waals surface area contributed by atoms with E-state index in [9.17, 15) is 8.78 Å². The van der Waals surface area contributed by atoms with Crippen LogP contribution < -0.4 is 5.73 Å². The van der Waals surface area contributed by atoms with Crippen molar-refractivity contribution >= 4 is 0 Å². The van der Waals surface area contributed by atoms with Crippen LogP contribution in [0.15, 0.2) is 18.2 Å². The minimum atomic E-state index is -0.488. The molecule has 1 aromatic carbocycles. The molecule has 0 saturated heterocycles. The number of benzene rings is 1. The predicted octanol–water partition coefficient (Wildman–Crippen LogP) is 3.49. The maximum atomic E-state index is 13.9. The van der Waals surface area contributed by atoms with Crippen LogP contribution in [0.5, 0.6) is 0 Å². The van der Waals surface area contributed by atoms with E-state index in [1.807, 2.05) is 0 Å². The number of likely N-dealkylation sites (N-methyl/N-ethyl adjacent to an activating group) is 1. The SMILES string of the molecule is CCN(CC)C1(C(N)Cc2c(F)cccc2F)CCCC1. The minimum absolute atomic E-state index is 0.113. The second-order valence-corrected chi connectivity index (χ2v) is 5.99. The van der Waals surface area contributed by atoms with Gasteiger partial charge in [0.05, 0.1) is 0 Å². The lowest BCUT2D eigenvalue weighted by Gasteiger charge is -2.45. The molecule has 2 N–H and O–H groups in total. The maximum Gasteiger partial charge on any atom is 0.129 e. The van der Waals surface area contributed by atoms with Crippen LogP contribution in [0.25, 0.3) is 0 Å². The maximum absolute atomic E-state index is 13.9. The zero-order chi connectivity index (χ0) is 15.5. The number of hydrogen-bond acceptors (Lipinski definition) is 2. The lowest BCUT2D eigenvalue weighted by atomic mass is 9.82. The van der Waals surface area contributed by atoms with Gasteiger partial charge in [-0.3, -0.25) is 4.90 Å². The average molecular weight is 296 g/mol. The zero-order valence-electron chi connectivity index (χ0n) is 13.0. The van der Waals surface area contributed by atoms with E-state index < -0.39 is 11.6 Å². The molecule has 0 amide bonds. The van der Waals surface area contributed by atoms with Crippen LogP contribution in [0.3, 0.4) is 0 Å². The lowest BCUT2D eigenvalue weighted by molar-refractivity contribution is 0.0766. The Hall–Kier alpha value is -1.00. The molecule has 1 aromatic rings. The fourth-order valence-corrected chi connectivity index (χ4v) is 3.90. The van der Waals surface area contributed by atoms with Gasteiger partial charge in [0.1, 0.15) is 11.6 Å². The molecule has 1 atom stereocenters. The van der Waals surface area contributed by atoms with Gasteiger partial charge < -0.3 is 5.73 Å². The van der Waals surface area contributed by atoms with Gasteiger partial charge in [-0.25, -0.2) is 8.78 Å². The smallest absolute Gasteiger partial charge is 0.129 e. The Labute approximate surface area is 126 Å². The Balaban J connectivity index is 2.25. The van der Waals surface area contributed by atoms with Crippen molar-refractivity contribution < 1.29 is 8.78 Å². The molecule has 1 unspecified atom stereocenters. The summed E-state index contributed by atoms with van der Waals surface area (Å²) >= 11 is 0. The van der Waals surface area contributed by atoms with E-state index in [1.54, 1.807) is 0 Å². The van der Waals surface area contributed by atoms with Crippen molar-refractivity contribution in [3.05, 3.63) is 35.4 Å². The summed E-state index contributed by atoms with van der Waals surface area (Å²) in [4.78, 5) is 2.38. The van der Waals surface area contributed by atoms with Gasteiger partial charge in [-0.2, -0.15) is 0 Å². The largest absolute Gasteiger partial charge is 0.326 e. The molecular formula is C17H26F2N2. The standard InChI is InChI=1S/C17H26F2N2/c1-3-21(4-2)17(10-5-6-11-17)16(20)12-13-14(18)8-7-9-15(13)19/h7-9,16H,3-6,10-12,20H2,1-2H3. The first-order valence-corrected chi connectivity index (χ1v) is 7.98. The molecule has 0 bridgehead atoms. The van der Waals surface area contributed by atoms with Crippen molar-refractivity contribution in [3.63, 3.8) is 0 Å². The number of hydrogen-bond donors (Lipinski definition) is 1. The molecule has 0 heterocycles. The first-order chi connectivity index (χ1) is 10.0. The van der Waals surface area contributed by atoms with Crippen LogP contribution in [-0.2, 0) is 6.42 Å². The number of halogens is 2. The Morgan fingerprint density at radius 2 is 1.67 bits per heavy atom. The molecule has 1 aliphatic carbocycles. The quantitative estimate of drug-likeness (QED) is 0.870. The lowest BCUT2D eigenvalue weighted by Crippen LogP contribution is -2.59. The average Bonchev–Trinajstić information content (AvgIpc) is 2.95. The number of nitrogens with two attached hydrogens (primary N) is 1. The summed E-state index contributed by atoms with van der Waals surface area (Å²) in [5.74, 6) is -0.976. The number of rotatable bonds is 6. The minimum Gasteiger partial charge on any atom is -0.326 e. The van der Waals surface area contributed by atoms with Crippen molar-refractivity contribution in [1.82, 2.24) is 4.90 Å². The van der Waals surface area contributed by atoms with Crippen molar-refractivity contribution in [2.45, 2.75) is 57.5 Å². The van der Waals surface area contributed by atoms with Gasteiger partial charge in [0, 0.05) is 17.1 Å². The summed E-state index contributed by atoms with van der Waals surface area (Å²) in [5, 5.41) is 0. The molecule has 1 fully saturated rings. The van der Waals surface area contributed by atoms with Gasteiger partial charge in [0.2, 0.25) is 0 Å². The van der Waals surface area contributed by atoms with Gasteiger partial charge in [-0.15, -0.1) is 0 Å². The Bertz CT molecular complexity index is 446. The van der Waals surface area contributed by atoms with Crippen molar-refractivity contribution in [2.24, 2.45) is 5.73 Å². The Morgan fingerprint density at radius 1 is 1.14 bits per heavy atom. The summed E-state index contributed by atoms with van der Waals surface area (Å²) in [6.45, 7) is 6.09. The van der Waals surface area contributed by atoms with Gasteiger partial charge >= 0.3 is 0 Å². The summed E-state index contributed by atoms with van der Waals surface area (Å²) in [6.07, 6.45) is 4.58. The van der Waals surface area contributed by atoms with Crippen LogP contribution in [0.1, 0.15) is 45.1 Å². The van der Waals surface area contributed by atoms with E-state index >= 15 is 0 Å². The molecule has 0 aromatic heterocycles. The highest BCUT2D eigenvalue weighted by atomic mass is 19.1. The van der Waals surface area contributed by atoms with E-state index in [0.717, 1.165) is 38.8 Å². The highest BCUT2D eigenvalue weighted by Crippen LogP contribution is 2.38. The third-order valence-electron chi connectivity index (χ3n) is 5.04. The summed E-state index contributed by atoms with van der Waals surface area (Å²) in [7, 11) is 0. The molecule has 4 heteroatoms. The molecule has 2 rings (SSSR count). The van der Waals surface area contributed by atoms with Crippen molar-refractivity contribution in [2.75, 3.05) is 13.1 Å². The fourth-order valence-electron chi connectivity index (χ4n) is 3.90. The summed E-state index contributed by atoms with van der Waals surface area (Å²) in [5.41, 5.74) is 6.48. The molecule has 0 spiro atoms. The predicted molar refractivity (Wildman–Crippen MR) is 82.2 cm³/mol. The molecule has 1 saturated carbocycles. The second-order valence-electron chi connectivity index (χ2n) is 5.99. The molecule has 2 nitrogen and oxygen atoms in total. The van der Waals surface area contributed by atoms with Gasteiger partial charge in [0.25, 0.3) is 0 Å². The van der Waals surface area contributed by atoms with Gasteiger partial charge in [-0.1, -0.05) is 32.8 Å². The third-order valence-corrected chi connectivity index (χ3v) is 5.04. The highest BCUT2D eigenvalue weighted by Gasteiger charge is 2.43. The van der Waals surface area contributed by atoms with Crippen LogP contribution in [0.2, 0.25) is 0 Å². The third kappa shape index (κ3) is 3.11. The van der Waals surface area contributed by atoms with E-state index in [2.05, 4.69) is 18.7 Å². The van der Waals surface area contributed by atoms with Crippen molar-refractivity contribution in [3.8, 4) is 0 Å². The summed E-state index contributed by atoms with van der Waals surface area (Å²) in [6, 6.07) is 3.77. The topological polar surface area (TPSA) is 29.3 Å². The van der Waals surface area contributed by atoms with Crippen LogP contribution in [0.4, 0.5) is 8.78 Å². The monoisotopic (exact) mass is 296 g/mol. The highest BCUT2D eigenvalue weighted by molar-refractivity contribution is 5.22. The molecule has 0 radical (unpaired) electrons. The second kappa shape index (κ2) is 6.84. The zero-order valence-corrected chi connectivity index (χ0v) is 13.0. The fraction of sp³-hybridized carbons (Fsp3) is 0.647. The molecule has 21 heavy (non-hydrogen) atoms. The van der Waals surface area contributed by atoms with Gasteiger partial charge in [-0.05, 0) is 44.5 Å². The Kier molecular flexibility index (Phi) is 5.33. The van der Waals surface area contributed by atoms with E-state index in [4.69, 9.17) is 5.73 Å². The molecular weight excluding hydrogens is 270 g/mol. The van der Waals surface area contributed by atoms with Crippen LogP contribution in [-0.4, -0.2) is 29.6 Å². The van der Waals surface area contributed by atoms with Crippen molar-refractivity contribution in [1.29, 1.82) is 0 Å².